The van der Waals surface area contributed by atoms with Gasteiger partial charge in [0.1, 0.15) is 5.69 Å². The second kappa shape index (κ2) is 5.14. The van der Waals surface area contributed by atoms with Gasteiger partial charge in [-0.05, 0) is 44.0 Å². The molecule has 1 aliphatic heterocycles. The van der Waals surface area contributed by atoms with Crippen LogP contribution in [0.2, 0.25) is 0 Å². The van der Waals surface area contributed by atoms with Crippen LogP contribution in [0, 0.1) is 23.0 Å². The Labute approximate surface area is 100 Å². The van der Waals surface area contributed by atoms with Gasteiger partial charge in [0.2, 0.25) is 0 Å². The third-order valence-corrected chi connectivity index (χ3v) is 3.09. The van der Waals surface area contributed by atoms with Gasteiger partial charge in [0, 0.05) is 12.6 Å². The molecule has 1 atom stereocenters. The van der Waals surface area contributed by atoms with E-state index in [9.17, 15) is 10.1 Å². The first-order valence-electron chi connectivity index (χ1n) is 5.86. The molecular formula is C12H17N3O2. The van der Waals surface area contributed by atoms with Crippen LogP contribution in [0.15, 0.2) is 18.2 Å². The molecule has 1 unspecified atom stereocenters. The molecule has 1 fully saturated rings. The predicted molar refractivity (Wildman–Crippen MR) is 67.3 cm³/mol. The van der Waals surface area contributed by atoms with E-state index in [1.165, 1.54) is 0 Å². The maximum absolute atomic E-state index is 10.9. The maximum atomic E-state index is 10.9. The minimum Gasteiger partial charge on any atom is -0.379 e. The SMILES string of the molecule is Cc1ccc([N+](=O)[O-])c(NCC2CCNC2)c1. The summed E-state index contributed by atoms with van der Waals surface area (Å²) in [6.07, 6.45) is 1.13. The second-order valence-corrected chi connectivity index (χ2v) is 4.52. The number of hydrogen-bond acceptors (Lipinski definition) is 4. The lowest BCUT2D eigenvalue weighted by molar-refractivity contribution is -0.384. The second-order valence-electron chi connectivity index (χ2n) is 4.52. The molecule has 2 rings (SSSR count). The van der Waals surface area contributed by atoms with Gasteiger partial charge in [-0.2, -0.15) is 0 Å². The van der Waals surface area contributed by atoms with Crippen molar-refractivity contribution in [1.29, 1.82) is 0 Å². The Balaban J connectivity index is 2.07. The number of nitrogens with zero attached hydrogens (tertiary/aromatic N) is 1. The van der Waals surface area contributed by atoms with Gasteiger partial charge >= 0.3 is 0 Å². The van der Waals surface area contributed by atoms with E-state index in [4.69, 9.17) is 0 Å². The fraction of sp³-hybridized carbons (Fsp3) is 0.500. The topological polar surface area (TPSA) is 67.2 Å². The zero-order chi connectivity index (χ0) is 12.3. The van der Waals surface area contributed by atoms with Crippen molar-refractivity contribution in [2.45, 2.75) is 13.3 Å². The summed E-state index contributed by atoms with van der Waals surface area (Å²) in [7, 11) is 0. The molecule has 0 amide bonds. The Kier molecular flexibility index (Phi) is 3.58. The Morgan fingerprint density at radius 2 is 2.41 bits per heavy atom. The average Bonchev–Trinajstić information content (AvgIpc) is 2.78. The van der Waals surface area contributed by atoms with Crippen LogP contribution >= 0.6 is 0 Å². The summed E-state index contributed by atoms with van der Waals surface area (Å²) >= 11 is 0. The van der Waals surface area contributed by atoms with Crippen molar-refractivity contribution in [1.82, 2.24) is 5.32 Å². The molecule has 2 N–H and O–H groups in total. The number of rotatable bonds is 4. The van der Waals surface area contributed by atoms with E-state index in [1.807, 2.05) is 13.0 Å². The van der Waals surface area contributed by atoms with Crippen LogP contribution in [0.3, 0.4) is 0 Å². The van der Waals surface area contributed by atoms with E-state index in [0.717, 1.165) is 31.6 Å². The molecule has 5 nitrogen and oxygen atoms in total. The highest BCUT2D eigenvalue weighted by molar-refractivity contribution is 5.62. The van der Waals surface area contributed by atoms with Crippen molar-refractivity contribution in [3.63, 3.8) is 0 Å². The molecule has 0 aliphatic carbocycles. The van der Waals surface area contributed by atoms with Gasteiger partial charge in [-0.15, -0.1) is 0 Å². The molecule has 0 spiro atoms. The number of anilines is 1. The van der Waals surface area contributed by atoms with E-state index in [2.05, 4.69) is 10.6 Å². The average molecular weight is 235 g/mol. The van der Waals surface area contributed by atoms with Crippen LogP contribution in [-0.2, 0) is 0 Å². The van der Waals surface area contributed by atoms with Crippen molar-refractivity contribution in [3.8, 4) is 0 Å². The van der Waals surface area contributed by atoms with Crippen LogP contribution in [0.1, 0.15) is 12.0 Å². The normalized spacial score (nSPS) is 19.2. The minimum atomic E-state index is -0.339. The number of benzene rings is 1. The number of hydrogen-bond donors (Lipinski definition) is 2. The third kappa shape index (κ3) is 2.94. The van der Waals surface area contributed by atoms with Gasteiger partial charge in [0.05, 0.1) is 4.92 Å². The molecule has 5 heteroatoms. The first-order chi connectivity index (χ1) is 8.16. The van der Waals surface area contributed by atoms with Gasteiger partial charge in [-0.3, -0.25) is 10.1 Å². The summed E-state index contributed by atoms with van der Waals surface area (Å²) in [6.45, 7) is 4.76. The summed E-state index contributed by atoms with van der Waals surface area (Å²) in [5.74, 6) is 0.565. The lowest BCUT2D eigenvalue weighted by atomic mass is 10.1. The van der Waals surface area contributed by atoms with Crippen LogP contribution in [0.25, 0.3) is 0 Å². The lowest BCUT2D eigenvalue weighted by Gasteiger charge is -2.11. The van der Waals surface area contributed by atoms with Gasteiger partial charge in [-0.25, -0.2) is 0 Å². The lowest BCUT2D eigenvalue weighted by Crippen LogP contribution is -2.17. The summed E-state index contributed by atoms with van der Waals surface area (Å²) in [5.41, 5.74) is 1.81. The van der Waals surface area contributed by atoms with Crippen LogP contribution < -0.4 is 10.6 Å². The number of aryl methyl sites for hydroxylation is 1. The van der Waals surface area contributed by atoms with E-state index in [0.29, 0.717) is 11.6 Å². The maximum Gasteiger partial charge on any atom is 0.292 e. The first kappa shape index (κ1) is 11.9. The quantitative estimate of drug-likeness (QED) is 0.618. The molecule has 0 saturated carbocycles. The molecular weight excluding hydrogens is 218 g/mol. The number of nitro groups is 1. The largest absolute Gasteiger partial charge is 0.379 e. The number of nitrogens with one attached hydrogen (secondary N) is 2. The molecule has 1 saturated heterocycles. The van der Waals surface area contributed by atoms with Gasteiger partial charge in [0.15, 0.2) is 0 Å². The summed E-state index contributed by atoms with van der Waals surface area (Å²) in [5, 5.41) is 17.4. The van der Waals surface area contributed by atoms with Crippen molar-refractivity contribution in [2.75, 3.05) is 25.0 Å². The molecule has 0 radical (unpaired) electrons. The Morgan fingerprint density at radius 3 is 3.06 bits per heavy atom. The smallest absolute Gasteiger partial charge is 0.292 e. The monoisotopic (exact) mass is 235 g/mol. The highest BCUT2D eigenvalue weighted by Crippen LogP contribution is 2.25. The zero-order valence-electron chi connectivity index (χ0n) is 9.90. The fourth-order valence-corrected chi connectivity index (χ4v) is 2.09. The minimum absolute atomic E-state index is 0.154. The van der Waals surface area contributed by atoms with E-state index in [-0.39, 0.29) is 10.6 Å². The van der Waals surface area contributed by atoms with Gasteiger partial charge in [-0.1, -0.05) is 6.07 Å². The number of nitro benzene ring substituents is 1. The Bertz CT molecular complexity index is 414. The van der Waals surface area contributed by atoms with Crippen molar-refractivity contribution in [2.24, 2.45) is 5.92 Å². The fourth-order valence-electron chi connectivity index (χ4n) is 2.09. The molecule has 1 aromatic rings. The molecule has 0 aromatic heterocycles. The third-order valence-electron chi connectivity index (χ3n) is 3.09. The van der Waals surface area contributed by atoms with E-state index < -0.39 is 0 Å². The standard InChI is InChI=1S/C12H17N3O2/c1-9-2-3-12(15(16)17)11(6-9)14-8-10-4-5-13-7-10/h2-3,6,10,13-14H,4-5,7-8H2,1H3. The highest BCUT2D eigenvalue weighted by atomic mass is 16.6. The van der Waals surface area contributed by atoms with Crippen molar-refractivity contribution < 1.29 is 4.92 Å². The van der Waals surface area contributed by atoms with Crippen molar-refractivity contribution >= 4 is 11.4 Å². The molecule has 17 heavy (non-hydrogen) atoms. The van der Waals surface area contributed by atoms with Gasteiger partial charge < -0.3 is 10.6 Å². The van der Waals surface area contributed by atoms with Crippen LogP contribution in [-0.4, -0.2) is 24.6 Å². The van der Waals surface area contributed by atoms with Crippen LogP contribution in [0.4, 0.5) is 11.4 Å². The summed E-state index contributed by atoms with van der Waals surface area (Å²) in [4.78, 5) is 10.5. The van der Waals surface area contributed by atoms with Crippen LogP contribution in [0.5, 0.6) is 0 Å². The highest BCUT2D eigenvalue weighted by Gasteiger charge is 2.17. The van der Waals surface area contributed by atoms with E-state index in [1.54, 1.807) is 12.1 Å². The molecule has 92 valence electrons. The Morgan fingerprint density at radius 1 is 1.59 bits per heavy atom. The van der Waals surface area contributed by atoms with Crippen molar-refractivity contribution in [3.05, 3.63) is 33.9 Å². The molecule has 0 bridgehead atoms. The van der Waals surface area contributed by atoms with Gasteiger partial charge in [0.25, 0.3) is 5.69 Å². The zero-order valence-corrected chi connectivity index (χ0v) is 9.90. The van der Waals surface area contributed by atoms with E-state index >= 15 is 0 Å². The molecule has 1 aliphatic rings. The molecule has 1 heterocycles. The summed E-state index contributed by atoms with van der Waals surface area (Å²) in [6, 6.07) is 5.16. The molecule has 1 aromatic carbocycles. The summed E-state index contributed by atoms with van der Waals surface area (Å²) < 4.78 is 0. The predicted octanol–water partition coefficient (Wildman–Crippen LogP) is 1.92. The Hall–Kier alpha value is -1.62. The first-order valence-corrected chi connectivity index (χ1v) is 5.86.